The predicted octanol–water partition coefficient (Wildman–Crippen LogP) is 2.26. The molecule has 14 heavy (non-hydrogen) atoms. The summed E-state index contributed by atoms with van der Waals surface area (Å²) in [5, 5.41) is 0. The summed E-state index contributed by atoms with van der Waals surface area (Å²) in [4.78, 5) is 0.883. The fraction of sp³-hybridized carbons (Fsp3) is 0.455. The highest BCUT2D eigenvalue weighted by atomic mass is 32.2. The summed E-state index contributed by atoms with van der Waals surface area (Å²) in [7, 11) is -1.07. The minimum Gasteiger partial charge on any atom is -0.237 e. The third-order valence-corrected chi connectivity index (χ3v) is 3.20. The molecule has 0 fully saturated rings. The second-order valence-electron chi connectivity index (χ2n) is 3.78. The molecular weight excluding hydrogens is 194 g/mol. The third-order valence-electron chi connectivity index (χ3n) is 1.92. The average Bonchev–Trinajstić information content (AvgIpc) is 2.15. The van der Waals surface area contributed by atoms with Gasteiger partial charge in [-0.05, 0) is 24.5 Å². The van der Waals surface area contributed by atoms with Gasteiger partial charge in [-0.1, -0.05) is 32.0 Å². The maximum absolute atomic E-state index is 11.8. The summed E-state index contributed by atoms with van der Waals surface area (Å²) in [6.45, 7) is 6.95. The van der Waals surface area contributed by atoms with Gasteiger partial charge < -0.3 is 0 Å². The first kappa shape index (κ1) is 11.4. The Kier molecular flexibility index (Phi) is 4.29. The fourth-order valence-electron chi connectivity index (χ4n) is 1.08. The molecule has 0 aliphatic carbocycles. The topological polar surface area (TPSA) is 29.1 Å². The zero-order valence-corrected chi connectivity index (χ0v) is 9.73. The van der Waals surface area contributed by atoms with Crippen molar-refractivity contribution in [1.29, 1.82) is 0 Å². The van der Waals surface area contributed by atoms with Crippen LogP contribution in [-0.4, -0.2) is 10.8 Å². The molecule has 1 N–H and O–H groups in total. The van der Waals surface area contributed by atoms with E-state index >= 15 is 0 Å². The lowest BCUT2D eigenvalue weighted by molar-refractivity contribution is 0.616. The van der Waals surface area contributed by atoms with Gasteiger partial charge in [0.2, 0.25) is 0 Å². The molecule has 0 aliphatic heterocycles. The number of hydrogen-bond acceptors (Lipinski definition) is 1. The van der Waals surface area contributed by atoms with E-state index in [4.69, 9.17) is 0 Å². The van der Waals surface area contributed by atoms with Crippen molar-refractivity contribution in [2.45, 2.75) is 25.7 Å². The minimum atomic E-state index is -1.07. The molecule has 2 nitrogen and oxygen atoms in total. The first-order chi connectivity index (χ1) is 6.61. The van der Waals surface area contributed by atoms with Crippen LogP contribution < -0.4 is 4.72 Å². The Morgan fingerprint density at radius 3 is 2.57 bits per heavy atom. The Morgan fingerprint density at radius 2 is 2.00 bits per heavy atom. The van der Waals surface area contributed by atoms with Gasteiger partial charge >= 0.3 is 0 Å². The van der Waals surface area contributed by atoms with Crippen molar-refractivity contribution in [3.63, 3.8) is 0 Å². The van der Waals surface area contributed by atoms with Gasteiger partial charge in [0.15, 0.2) is 0 Å². The number of aryl methyl sites for hydroxylation is 1. The molecule has 0 aromatic heterocycles. The Morgan fingerprint density at radius 1 is 1.36 bits per heavy atom. The highest BCUT2D eigenvalue weighted by molar-refractivity contribution is 7.83. The smallest absolute Gasteiger partial charge is 0.125 e. The van der Waals surface area contributed by atoms with Crippen molar-refractivity contribution in [2.75, 3.05) is 6.54 Å². The molecule has 0 bridgehead atoms. The Labute approximate surface area is 88.3 Å². The molecule has 0 amide bonds. The molecule has 1 rings (SSSR count). The van der Waals surface area contributed by atoms with Gasteiger partial charge in [0.25, 0.3) is 0 Å². The average molecular weight is 211 g/mol. The lowest BCUT2D eigenvalue weighted by Crippen LogP contribution is -2.22. The summed E-state index contributed by atoms with van der Waals surface area (Å²) < 4.78 is 14.8. The van der Waals surface area contributed by atoms with Crippen LogP contribution in [0.15, 0.2) is 29.2 Å². The standard InChI is InChI=1S/C11H17NOS/c1-9(2)8-12-14(13)11-7-5-4-6-10(11)3/h4-7,9,12H,8H2,1-3H3/t14-/m0/s1. The van der Waals surface area contributed by atoms with E-state index in [0.29, 0.717) is 5.92 Å². The molecule has 0 saturated carbocycles. The van der Waals surface area contributed by atoms with Gasteiger partial charge in [0.05, 0.1) is 4.90 Å². The van der Waals surface area contributed by atoms with Crippen molar-refractivity contribution in [3.05, 3.63) is 29.8 Å². The van der Waals surface area contributed by atoms with Crippen LogP contribution in [0.2, 0.25) is 0 Å². The number of rotatable bonds is 4. The molecule has 0 spiro atoms. The van der Waals surface area contributed by atoms with E-state index in [2.05, 4.69) is 18.6 Å². The van der Waals surface area contributed by atoms with Crippen molar-refractivity contribution < 1.29 is 4.21 Å². The number of benzene rings is 1. The lowest BCUT2D eigenvalue weighted by atomic mass is 10.2. The molecule has 1 aromatic rings. The van der Waals surface area contributed by atoms with Gasteiger partial charge in [-0.15, -0.1) is 0 Å². The monoisotopic (exact) mass is 211 g/mol. The lowest BCUT2D eigenvalue weighted by Gasteiger charge is -2.08. The first-order valence-corrected chi connectivity index (χ1v) is 5.97. The van der Waals surface area contributed by atoms with Crippen LogP contribution in [-0.2, 0) is 11.0 Å². The molecule has 0 radical (unpaired) electrons. The Bertz CT molecular complexity index is 323. The highest BCUT2D eigenvalue weighted by Gasteiger charge is 2.05. The molecule has 78 valence electrons. The summed E-state index contributed by atoms with van der Waals surface area (Å²) in [6.07, 6.45) is 0. The highest BCUT2D eigenvalue weighted by Crippen LogP contribution is 2.10. The fourth-order valence-corrected chi connectivity index (χ4v) is 2.29. The van der Waals surface area contributed by atoms with Crippen molar-refractivity contribution in [1.82, 2.24) is 4.72 Å². The van der Waals surface area contributed by atoms with E-state index in [1.54, 1.807) is 0 Å². The zero-order chi connectivity index (χ0) is 10.6. The molecule has 1 atom stereocenters. The van der Waals surface area contributed by atoms with Gasteiger partial charge in [0, 0.05) is 6.54 Å². The predicted molar refractivity (Wildman–Crippen MR) is 60.4 cm³/mol. The van der Waals surface area contributed by atoms with E-state index in [1.165, 1.54) is 0 Å². The zero-order valence-electron chi connectivity index (χ0n) is 8.91. The van der Waals surface area contributed by atoms with Crippen LogP contribution in [0.5, 0.6) is 0 Å². The normalized spacial score (nSPS) is 13.1. The van der Waals surface area contributed by atoms with Crippen LogP contribution in [0, 0.1) is 12.8 Å². The minimum absolute atomic E-state index is 0.517. The van der Waals surface area contributed by atoms with E-state index in [-0.39, 0.29) is 0 Å². The first-order valence-electron chi connectivity index (χ1n) is 4.82. The van der Waals surface area contributed by atoms with E-state index in [0.717, 1.165) is 17.0 Å². The largest absolute Gasteiger partial charge is 0.237 e. The van der Waals surface area contributed by atoms with E-state index in [9.17, 15) is 4.21 Å². The second-order valence-corrected chi connectivity index (χ2v) is 5.04. The molecule has 3 heteroatoms. The van der Waals surface area contributed by atoms with Crippen LogP contribution in [0.1, 0.15) is 19.4 Å². The molecule has 0 heterocycles. The Hall–Kier alpha value is -0.670. The number of nitrogens with one attached hydrogen (secondary N) is 1. The quantitative estimate of drug-likeness (QED) is 0.813. The SMILES string of the molecule is Cc1ccccc1[S@](=O)NCC(C)C. The summed E-state index contributed by atoms with van der Waals surface area (Å²) in [5.41, 5.74) is 1.07. The van der Waals surface area contributed by atoms with Gasteiger partial charge in [-0.2, -0.15) is 0 Å². The maximum atomic E-state index is 11.8. The third kappa shape index (κ3) is 3.24. The van der Waals surface area contributed by atoms with Gasteiger partial charge in [-0.25, -0.2) is 8.93 Å². The van der Waals surface area contributed by atoms with E-state index < -0.39 is 11.0 Å². The van der Waals surface area contributed by atoms with Crippen LogP contribution in [0.3, 0.4) is 0 Å². The van der Waals surface area contributed by atoms with E-state index in [1.807, 2.05) is 31.2 Å². The Balaban J connectivity index is 2.65. The van der Waals surface area contributed by atoms with Crippen LogP contribution in [0.4, 0.5) is 0 Å². The second kappa shape index (κ2) is 5.27. The molecule has 0 unspecified atom stereocenters. The van der Waals surface area contributed by atoms with Crippen LogP contribution >= 0.6 is 0 Å². The van der Waals surface area contributed by atoms with Crippen molar-refractivity contribution in [2.24, 2.45) is 5.92 Å². The summed E-state index contributed by atoms with van der Waals surface area (Å²) in [6, 6.07) is 7.75. The van der Waals surface area contributed by atoms with Gasteiger partial charge in [0.1, 0.15) is 11.0 Å². The molecular formula is C11H17NOS. The van der Waals surface area contributed by atoms with Gasteiger partial charge in [-0.3, -0.25) is 0 Å². The molecule has 0 saturated heterocycles. The van der Waals surface area contributed by atoms with Crippen molar-refractivity contribution >= 4 is 11.0 Å². The van der Waals surface area contributed by atoms with Crippen LogP contribution in [0.25, 0.3) is 0 Å². The molecule has 0 aliphatic rings. The summed E-state index contributed by atoms with van der Waals surface area (Å²) in [5.74, 6) is 0.517. The number of hydrogen-bond donors (Lipinski definition) is 1. The summed E-state index contributed by atoms with van der Waals surface area (Å²) >= 11 is 0. The molecule has 1 aromatic carbocycles. The van der Waals surface area contributed by atoms with Crippen molar-refractivity contribution in [3.8, 4) is 0 Å². The maximum Gasteiger partial charge on any atom is 0.125 e.